The zero-order valence-electron chi connectivity index (χ0n) is 15.7. The van der Waals surface area contributed by atoms with E-state index in [9.17, 15) is 8.42 Å². The molecule has 0 N–H and O–H groups in total. The smallest absolute Gasteiger partial charge is 0.209 e. The lowest BCUT2D eigenvalue weighted by atomic mass is 10.1. The molecule has 0 fully saturated rings. The van der Waals surface area contributed by atoms with Gasteiger partial charge in [-0.1, -0.05) is 26.8 Å². The van der Waals surface area contributed by atoms with Gasteiger partial charge in [-0.2, -0.15) is 0 Å². The van der Waals surface area contributed by atoms with Crippen molar-refractivity contribution in [1.29, 1.82) is 0 Å². The van der Waals surface area contributed by atoms with E-state index >= 15 is 0 Å². The lowest BCUT2D eigenvalue weighted by Gasteiger charge is -2.11. The highest BCUT2D eigenvalue weighted by Gasteiger charge is 2.28. The largest absolute Gasteiger partial charge is 0.494 e. The summed E-state index contributed by atoms with van der Waals surface area (Å²) in [4.78, 5) is 0.701. The van der Waals surface area contributed by atoms with Crippen LogP contribution in [-0.2, 0) is 9.84 Å². The van der Waals surface area contributed by atoms with Crippen LogP contribution in [-0.4, -0.2) is 19.4 Å². The Kier molecular flexibility index (Phi) is 5.10. The van der Waals surface area contributed by atoms with E-state index in [1.807, 2.05) is 56.6 Å². The number of nitrogens with zero attached hydrogens (tertiary/aromatic N) is 1. The van der Waals surface area contributed by atoms with Gasteiger partial charge in [-0.05, 0) is 60.7 Å². The summed E-state index contributed by atoms with van der Waals surface area (Å²) >= 11 is 0. The molecule has 0 saturated carbocycles. The van der Waals surface area contributed by atoms with Crippen LogP contribution in [0.2, 0.25) is 0 Å². The van der Waals surface area contributed by atoms with Gasteiger partial charge in [-0.15, -0.1) is 0 Å². The van der Waals surface area contributed by atoms with E-state index < -0.39 is 9.84 Å². The molecule has 0 amide bonds. The molecule has 4 nitrogen and oxygen atoms in total. The number of sulfone groups is 1. The highest BCUT2D eigenvalue weighted by Crippen LogP contribution is 2.35. The van der Waals surface area contributed by atoms with Crippen molar-refractivity contribution in [3.05, 3.63) is 59.9 Å². The number of hydrogen-bond acceptors (Lipinski definition) is 3. The van der Waals surface area contributed by atoms with Crippen LogP contribution in [0.1, 0.15) is 44.2 Å². The number of aryl methyl sites for hydroxylation is 1. The maximum Gasteiger partial charge on any atom is 0.209 e. The summed E-state index contributed by atoms with van der Waals surface area (Å²) in [6.45, 7) is 8.63. The number of benzene rings is 1. The van der Waals surface area contributed by atoms with Gasteiger partial charge < -0.3 is 9.14 Å². The van der Waals surface area contributed by atoms with Crippen LogP contribution >= 0.6 is 0 Å². The van der Waals surface area contributed by atoms with Crippen LogP contribution in [0, 0.1) is 6.92 Å². The van der Waals surface area contributed by atoms with Crippen LogP contribution in [0.4, 0.5) is 0 Å². The summed E-state index contributed by atoms with van der Waals surface area (Å²) in [5.74, 6) is 0.791. The molecule has 0 aliphatic heterocycles. The lowest BCUT2D eigenvalue weighted by molar-refractivity contribution is 0.317. The molecule has 0 atom stereocenters. The summed E-state index contributed by atoms with van der Waals surface area (Å²) in [6, 6.07) is 10.6. The van der Waals surface area contributed by atoms with Crippen LogP contribution in [0.5, 0.6) is 5.75 Å². The molecule has 0 bridgehead atoms. The molecule has 0 aliphatic rings. The van der Waals surface area contributed by atoms with Crippen molar-refractivity contribution in [3.63, 3.8) is 0 Å². The maximum atomic E-state index is 13.5. The van der Waals surface area contributed by atoms with Gasteiger partial charge in [0.1, 0.15) is 10.6 Å². The molecule has 138 valence electrons. The minimum absolute atomic E-state index is 0.103. The lowest BCUT2D eigenvalue weighted by Crippen LogP contribution is -2.06. The summed E-state index contributed by atoms with van der Waals surface area (Å²) in [7, 11) is -3.63. The molecule has 5 heteroatoms. The molecular weight excluding hydrogens is 346 g/mol. The molecule has 2 heterocycles. The standard InChI is InChI=1S/C21H25NO3S/c1-5-13-25-17-8-10-18(11-9-17)26(23,24)21-19(15(2)3)14-22-12-6-7-16(4)20(21)22/h6-12,14-15H,5,13H2,1-4H3. The molecule has 0 radical (unpaired) electrons. The third-order valence-corrected chi connectivity index (χ3v) is 6.34. The second-order valence-corrected chi connectivity index (χ2v) is 8.73. The van der Waals surface area contributed by atoms with Crippen LogP contribution < -0.4 is 4.74 Å². The number of ether oxygens (including phenoxy) is 1. The Morgan fingerprint density at radius 1 is 1.12 bits per heavy atom. The zero-order chi connectivity index (χ0) is 18.9. The summed E-state index contributed by atoms with van der Waals surface area (Å²) in [5, 5.41) is 0. The van der Waals surface area contributed by atoms with E-state index in [4.69, 9.17) is 4.74 Å². The third kappa shape index (κ3) is 3.23. The zero-order valence-corrected chi connectivity index (χ0v) is 16.5. The van der Waals surface area contributed by atoms with E-state index in [2.05, 4.69) is 0 Å². The first-order valence-corrected chi connectivity index (χ1v) is 10.4. The first-order chi connectivity index (χ1) is 12.4. The van der Waals surface area contributed by atoms with E-state index in [1.165, 1.54) is 0 Å². The number of pyridine rings is 1. The average molecular weight is 372 g/mol. The second-order valence-electron chi connectivity index (χ2n) is 6.84. The first kappa shape index (κ1) is 18.5. The fourth-order valence-electron chi connectivity index (χ4n) is 3.13. The van der Waals surface area contributed by atoms with Crippen molar-refractivity contribution in [1.82, 2.24) is 4.40 Å². The van der Waals surface area contributed by atoms with E-state index in [0.717, 1.165) is 23.1 Å². The second kappa shape index (κ2) is 7.16. The predicted octanol–water partition coefficient (Wildman–Crippen LogP) is 4.99. The normalized spacial score (nSPS) is 12.0. The molecule has 0 spiro atoms. The predicted molar refractivity (Wildman–Crippen MR) is 104 cm³/mol. The SMILES string of the molecule is CCCOc1ccc(S(=O)(=O)c2c(C(C)C)cn3cccc(C)c23)cc1. The van der Waals surface area contributed by atoms with Gasteiger partial charge >= 0.3 is 0 Å². The molecule has 26 heavy (non-hydrogen) atoms. The Labute approximate surface area is 155 Å². The number of fused-ring (bicyclic) bond motifs is 1. The molecular formula is C21H25NO3S. The van der Waals surface area contributed by atoms with Gasteiger partial charge in [-0.3, -0.25) is 0 Å². The number of hydrogen-bond donors (Lipinski definition) is 0. The van der Waals surface area contributed by atoms with Crippen molar-refractivity contribution in [2.24, 2.45) is 0 Å². The molecule has 0 unspecified atom stereocenters. The Morgan fingerprint density at radius 3 is 2.42 bits per heavy atom. The fraction of sp³-hybridized carbons (Fsp3) is 0.333. The average Bonchev–Trinajstić information content (AvgIpc) is 3.02. The van der Waals surface area contributed by atoms with Crippen LogP contribution in [0.3, 0.4) is 0 Å². The minimum atomic E-state index is -3.63. The topological polar surface area (TPSA) is 47.8 Å². The number of rotatable bonds is 6. The maximum absolute atomic E-state index is 13.5. The molecule has 3 rings (SSSR count). The van der Waals surface area contributed by atoms with E-state index in [-0.39, 0.29) is 5.92 Å². The molecule has 2 aromatic heterocycles. The summed E-state index contributed by atoms with van der Waals surface area (Å²) in [6.07, 6.45) is 4.74. The summed E-state index contributed by atoms with van der Waals surface area (Å²) < 4.78 is 34.4. The molecule has 3 aromatic rings. The monoisotopic (exact) mass is 371 g/mol. The summed E-state index contributed by atoms with van der Waals surface area (Å²) in [5.41, 5.74) is 2.54. The highest BCUT2D eigenvalue weighted by molar-refractivity contribution is 7.91. The van der Waals surface area contributed by atoms with Gasteiger partial charge in [0, 0.05) is 12.4 Å². The van der Waals surface area contributed by atoms with Crippen LogP contribution in [0.25, 0.3) is 5.52 Å². The van der Waals surface area contributed by atoms with Gasteiger partial charge in [0.25, 0.3) is 0 Å². The quantitative estimate of drug-likeness (QED) is 0.613. The Hall–Kier alpha value is -2.27. The van der Waals surface area contributed by atoms with Crippen molar-refractivity contribution < 1.29 is 13.2 Å². The minimum Gasteiger partial charge on any atom is -0.494 e. The molecule has 1 aromatic carbocycles. The van der Waals surface area contributed by atoms with E-state index in [1.54, 1.807) is 24.3 Å². The number of aromatic nitrogens is 1. The Balaban J connectivity index is 2.16. The van der Waals surface area contributed by atoms with Crippen molar-refractivity contribution in [3.8, 4) is 5.75 Å². The van der Waals surface area contributed by atoms with Crippen molar-refractivity contribution in [2.75, 3.05) is 6.61 Å². The fourth-order valence-corrected chi connectivity index (χ4v) is 4.98. The van der Waals surface area contributed by atoms with Gasteiger partial charge in [-0.25, -0.2) is 8.42 Å². The highest BCUT2D eigenvalue weighted by atomic mass is 32.2. The Bertz CT molecular complexity index is 1020. The van der Waals surface area contributed by atoms with Gasteiger partial charge in [0.05, 0.1) is 17.0 Å². The van der Waals surface area contributed by atoms with Gasteiger partial charge in [0.2, 0.25) is 9.84 Å². The first-order valence-electron chi connectivity index (χ1n) is 8.94. The van der Waals surface area contributed by atoms with E-state index in [0.29, 0.717) is 22.1 Å². The molecule has 0 saturated heterocycles. The van der Waals surface area contributed by atoms with Crippen molar-refractivity contribution in [2.45, 2.75) is 49.8 Å². The van der Waals surface area contributed by atoms with Crippen LogP contribution in [0.15, 0.2) is 58.6 Å². The third-order valence-electron chi connectivity index (χ3n) is 4.48. The molecule has 0 aliphatic carbocycles. The van der Waals surface area contributed by atoms with Gasteiger partial charge in [0.15, 0.2) is 0 Å². The Morgan fingerprint density at radius 2 is 1.81 bits per heavy atom. The van der Waals surface area contributed by atoms with Crippen molar-refractivity contribution >= 4 is 15.4 Å².